The number of aromatic hydroxyl groups is 2. The van der Waals surface area contributed by atoms with Crippen molar-refractivity contribution in [3.05, 3.63) is 59.7 Å². The molecule has 0 aliphatic heterocycles. The van der Waals surface area contributed by atoms with Gasteiger partial charge >= 0.3 is 0 Å². The van der Waals surface area contributed by atoms with Gasteiger partial charge in [0.25, 0.3) is 0 Å². The molecule has 45 heavy (non-hydrogen) atoms. The standard InChI is InChI=1S/C37H52N4O4/c1-36-17-15-25(40-34(44)31(38)19-22-3-8-26(42)9-4-22)21-24(36)7-12-28-29-13-14-33(37(29,2)18-16-30(28)36)41-35(45)32(39)20-23-5-10-27(43)11-6-23/h3-6,8-11,24-25,28-33,42-43H,7,12-21,38-39H2,1-2H3,(H,40,44)(H,41,45)/t24-,25-,28+,29+,30+,31-,32-,33+,36+,37+/m1/s1. The minimum Gasteiger partial charge on any atom is -0.508 e. The number of fused-ring (bicyclic) bond motifs is 5. The van der Waals surface area contributed by atoms with Gasteiger partial charge in [-0.25, -0.2) is 0 Å². The van der Waals surface area contributed by atoms with E-state index in [1.807, 2.05) is 24.3 Å². The van der Waals surface area contributed by atoms with Crippen LogP contribution in [-0.4, -0.2) is 46.2 Å². The Morgan fingerprint density at radius 3 is 1.87 bits per heavy atom. The van der Waals surface area contributed by atoms with Crippen molar-refractivity contribution in [3.8, 4) is 11.5 Å². The quantitative estimate of drug-likeness (QED) is 0.256. The van der Waals surface area contributed by atoms with E-state index in [4.69, 9.17) is 11.5 Å². The Morgan fingerprint density at radius 1 is 0.733 bits per heavy atom. The molecule has 4 fully saturated rings. The van der Waals surface area contributed by atoms with Crippen molar-refractivity contribution in [2.24, 2.45) is 46.0 Å². The molecule has 4 aliphatic rings. The average Bonchev–Trinajstić information content (AvgIpc) is 3.35. The summed E-state index contributed by atoms with van der Waals surface area (Å²) in [6.45, 7) is 4.95. The first-order valence-corrected chi connectivity index (χ1v) is 17.1. The van der Waals surface area contributed by atoms with Crippen LogP contribution in [0.5, 0.6) is 11.5 Å². The molecule has 8 N–H and O–H groups in total. The van der Waals surface area contributed by atoms with E-state index in [0.717, 1.165) is 49.7 Å². The second kappa shape index (κ2) is 12.6. The molecular weight excluding hydrogens is 564 g/mol. The Morgan fingerprint density at radius 2 is 1.27 bits per heavy atom. The topological polar surface area (TPSA) is 151 Å². The van der Waals surface area contributed by atoms with E-state index in [0.29, 0.717) is 36.5 Å². The molecule has 2 aromatic carbocycles. The van der Waals surface area contributed by atoms with E-state index < -0.39 is 12.1 Å². The van der Waals surface area contributed by atoms with Crippen LogP contribution >= 0.6 is 0 Å². The van der Waals surface area contributed by atoms with E-state index in [2.05, 4.69) is 24.5 Å². The summed E-state index contributed by atoms with van der Waals surface area (Å²) in [5, 5.41) is 25.8. The minimum absolute atomic E-state index is 0.0732. The van der Waals surface area contributed by atoms with Crippen molar-refractivity contribution in [2.45, 2.75) is 109 Å². The number of nitrogens with one attached hydrogen (secondary N) is 2. The third-order valence-corrected chi connectivity index (χ3v) is 12.8. The lowest BCUT2D eigenvalue weighted by atomic mass is 9.45. The molecule has 0 radical (unpaired) electrons. The van der Waals surface area contributed by atoms with Crippen LogP contribution in [-0.2, 0) is 22.4 Å². The summed E-state index contributed by atoms with van der Waals surface area (Å²) in [6.07, 6.45) is 11.0. The number of carbonyl (C=O) groups is 2. The second-order valence-corrected chi connectivity index (χ2v) is 15.3. The van der Waals surface area contributed by atoms with Crippen LogP contribution in [0.4, 0.5) is 0 Å². The summed E-state index contributed by atoms with van der Waals surface area (Å²) in [7, 11) is 0. The molecule has 8 nitrogen and oxygen atoms in total. The van der Waals surface area contributed by atoms with Crippen LogP contribution in [0.25, 0.3) is 0 Å². The van der Waals surface area contributed by atoms with E-state index in [1.165, 1.54) is 19.3 Å². The van der Waals surface area contributed by atoms with E-state index >= 15 is 0 Å². The Balaban J connectivity index is 1.04. The van der Waals surface area contributed by atoms with E-state index in [-0.39, 0.29) is 46.2 Å². The van der Waals surface area contributed by atoms with Crippen LogP contribution < -0.4 is 22.1 Å². The van der Waals surface area contributed by atoms with Crippen molar-refractivity contribution in [2.75, 3.05) is 0 Å². The maximum absolute atomic E-state index is 13.2. The van der Waals surface area contributed by atoms with Crippen LogP contribution in [0.1, 0.15) is 82.8 Å². The predicted octanol–water partition coefficient (Wildman–Crippen LogP) is 4.55. The molecule has 2 aromatic rings. The summed E-state index contributed by atoms with van der Waals surface area (Å²) >= 11 is 0. The lowest BCUT2D eigenvalue weighted by Crippen LogP contribution is -2.58. The lowest BCUT2D eigenvalue weighted by Gasteiger charge is -2.61. The van der Waals surface area contributed by atoms with Crippen molar-refractivity contribution < 1.29 is 19.8 Å². The largest absolute Gasteiger partial charge is 0.508 e. The van der Waals surface area contributed by atoms with Gasteiger partial charge < -0.3 is 32.3 Å². The smallest absolute Gasteiger partial charge is 0.237 e. The van der Waals surface area contributed by atoms with E-state index in [1.54, 1.807) is 24.3 Å². The normalized spacial score (nSPS) is 35.3. The molecule has 0 bridgehead atoms. The van der Waals surface area contributed by atoms with Crippen LogP contribution in [0.15, 0.2) is 48.5 Å². The number of rotatable bonds is 8. The first kappa shape index (κ1) is 31.9. The highest BCUT2D eigenvalue weighted by Gasteiger charge is 2.60. The summed E-state index contributed by atoms with van der Waals surface area (Å²) < 4.78 is 0. The average molecular weight is 617 g/mol. The van der Waals surface area contributed by atoms with Gasteiger partial charge in [-0.2, -0.15) is 0 Å². The first-order valence-electron chi connectivity index (χ1n) is 17.1. The predicted molar refractivity (Wildman–Crippen MR) is 175 cm³/mol. The SMILES string of the molecule is C[C@]12CC[C@@H](NC(=O)[C@H](N)Cc3ccc(O)cc3)C[C@H]1CC[C@@H]1[C@@H]2CC[C@]2(C)[C@@H](NC(=O)[C@H](N)Cc3ccc(O)cc3)CC[C@@H]12. The number of nitrogens with two attached hydrogens (primary N) is 2. The minimum atomic E-state index is -0.610. The Kier molecular flexibility index (Phi) is 8.92. The molecule has 4 saturated carbocycles. The Hall–Kier alpha value is -3.10. The highest BCUT2D eigenvalue weighted by molar-refractivity contribution is 5.82. The molecule has 0 spiro atoms. The van der Waals surface area contributed by atoms with Gasteiger partial charge in [-0.15, -0.1) is 0 Å². The van der Waals surface area contributed by atoms with Crippen molar-refractivity contribution in [3.63, 3.8) is 0 Å². The molecule has 244 valence electrons. The van der Waals surface area contributed by atoms with Crippen LogP contribution in [0.3, 0.4) is 0 Å². The van der Waals surface area contributed by atoms with Gasteiger partial charge in [-0.1, -0.05) is 38.1 Å². The third-order valence-electron chi connectivity index (χ3n) is 12.8. The highest BCUT2D eigenvalue weighted by atomic mass is 16.3. The zero-order valence-corrected chi connectivity index (χ0v) is 26.9. The first-order chi connectivity index (χ1) is 21.5. The van der Waals surface area contributed by atoms with Gasteiger partial charge in [0.2, 0.25) is 11.8 Å². The third kappa shape index (κ3) is 6.33. The zero-order chi connectivity index (χ0) is 31.9. The van der Waals surface area contributed by atoms with Crippen molar-refractivity contribution in [1.82, 2.24) is 10.6 Å². The molecule has 0 saturated heterocycles. The summed E-state index contributed by atoms with van der Waals surface area (Å²) in [6, 6.07) is 12.9. The molecule has 0 heterocycles. The number of amides is 2. The fraction of sp³-hybridized carbons (Fsp3) is 0.622. The highest BCUT2D eigenvalue weighted by Crippen LogP contribution is 2.66. The molecule has 8 heteroatoms. The maximum Gasteiger partial charge on any atom is 0.237 e. The summed E-state index contributed by atoms with van der Waals surface area (Å²) in [4.78, 5) is 26.3. The number of carbonyl (C=O) groups excluding carboxylic acids is 2. The molecule has 2 amide bonds. The summed E-state index contributed by atoms with van der Waals surface area (Å²) in [5.74, 6) is 2.85. The Bertz CT molecular complexity index is 1370. The van der Waals surface area contributed by atoms with Gasteiger partial charge in [0.05, 0.1) is 12.1 Å². The lowest BCUT2D eigenvalue weighted by molar-refractivity contribution is -0.129. The van der Waals surface area contributed by atoms with Gasteiger partial charge in [0, 0.05) is 12.1 Å². The fourth-order valence-corrected chi connectivity index (χ4v) is 10.2. The number of benzene rings is 2. The summed E-state index contributed by atoms with van der Waals surface area (Å²) in [5.41, 5.74) is 14.9. The second-order valence-electron chi connectivity index (χ2n) is 15.3. The number of hydrogen-bond donors (Lipinski definition) is 6. The van der Waals surface area contributed by atoms with Crippen molar-refractivity contribution >= 4 is 11.8 Å². The fourth-order valence-electron chi connectivity index (χ4n) is 10.2. The van der Waals surface area contributed by atoms with Crippen LogP contribution in [0, 0.1) is 34.5 Å². The van der Waals surface area contributed by atoms with Gasteiger partial charge in [0.15, 0.2) is 0 Å². The van der Waals surface area contributed by atoms with Gasteiger partial charge in [-0.3, -0.25) is 9.59 Å². The Labute approximate surface area is 267 Å². The molecule has 6 rings (SSSR count). The molecule has 4 aliphatic carbocycles. The number of phenols is 2. The molecule has 0 unspecified atom stereocenters. The van der Waals surface area contributed by atoms with Gasteiger partial charge in [-0.05, 0) is 141 Å². The van der Waals surface area contributed by atoms with Gasteiger partial charge in [0.1, 0.15) is 11.5 Å². The maximum atomic E-state index is 13.2. The monoisotopic (exact) mass is 616 g/mol. The van der Waals surface area contributed by atoms with Crippen LogP contribution in [0.2, 0.25) is 0 Å². The van der Waals surface area contributed by atoms with Crippen molar-refractivity contribution in [1.29, 1.82) is 0 Å². The number of hydrogen-bond acceptors (Lipinski definition) is 6. The molecule has 0 aromatic heterocycles. The zero-order valence-electron chi connectivity index (χ0n) is 26.9. The molecule has 10 atom stereocenters. The molecular formula is C37H52N4O4. The number of phenolic OH excluding ortho intramolecular Hbond substituents is 2. The van der Waals surface area contributed by atoms with E-state index in [9.17, 15) is 19.8 Å².